The summed E-state index contributed by atoms with van der Waals surface area (Å²) >= 11 is 1.73. The minimum atomic E-state index is 0.126. The first-order valence-electron chi connectivity index (χ1n) is 7.39. The quantitative estimate of drug-likeness (QED) is 0.848. The first kappa shape index (κ1) is 16.2. The van der Waals surface area contributed by atoms with Gasteiger partial charge in [0.25, 0.3) is 0 Å². The Morgan fingerprint density at radius 3 is 2.76 bits per heavy atom. The highest BCUT2D eigenvalue weighted by Crippen LogP contribution is 2.15. The molecule has 0 atom stereocenters. The van der Waals surface area contributed by atoms with E-state index >= 15 is 0 Å². The van der Waals surface area contributed by atoms with Crippen LogP contribution in [-0.2, 0) is 19.6 Å². The lowest BCUT2D eigenvalue weighted by atomic mass is 10.1. The highest BCUT2D eigenvalue weighted by Gasteiger charge is 2.12. The van der Waals surface area contributed by atoms with E-state index in [1.807, 2.05) is 12.1 Å². The first-order chi connectivity index (χ1) is 9.96. The number of rotatable bonds is 7. The lowest BCUT2D eigenvalue weighted by Gasteiger charge is -2.19. The Morgan fingerprint density at radius 2 is 2.14 bits per heavy atom. The van der Waals surface area contributed by atoms with Gasteiger partial charge in [0.1, 0.15) is 10.8 Å². The molecule has 0 fully saturated rings. The minimum absolute atomic E-state index is 0.126. The van der Waals surface area contributed by atoms with Crippen molar-refractivity contribution in [1.82, 2.24) is 15.2 Å². The van der Waals surface area contributed by atoms with Crippen LogP contribution in [0.2, 0.25) is 0 Å². The Kier molecular flexibility index (Phi) is 5.56. The maximum absolute atomic E-state index is 5.42. The smallest absolute Gasteiger partial charge is 0.117 e. The molecule has 1 N–H and O–H groups in total. The molecule has 0 radical (unpaired) electrons. The van der Waals surface area contributed by atoms with Crippen LogP contribution in [0.15, 0.2) is 28.2 Å². The van der Waals surface area contributed by atoms with Crippen LogP contribution >= 0.6 is 11.3 Å². The van der Waals surface area contributed by atoms with Crippen molar-refractivity contribution in [2.24, 2.45) is 0 Å². The molecular weight excluding hydrogens is 282 g/mol. The van der Waals surface area contributed by atoms with Crippen LogP contribution in [0.4, 0.5) is 0 Å². The second kappa shape index (κ2) is 7.20. The zero-order chi connectivity index (χ0) is 15.3. The van der Waals surface area contributed by atoms with E-state index in [2.05, 4.69) is 43.3 Å². The molecule has 5 heteroatoms. The molecule has 21 heavy (non-hydrogen) atoms. The maximum atomic E-state index is 5.42. The summed E-state index contributed by atoms with van der Waals surface area (Å²) in [5, 5.41) is 6.78. The molecule has 116 valence electrons. The number of hydrogen-bond donors (Lipinski definition) is 1. The van der Waals surface area contributed by atoms with Gasteiger partial charge in [0, 0.05) is 24.0 Å². The fourth-order valence-corrected chi connectivity index (χ4v) is 2.70. The van der Waals surface area contributed by atoms with E-state index in [-0.39, 0.29) is 5.54 Å². The summed E-state index contributed by atoms with van der Waals surface area (Å²) in [4.78, 5) is 7.04. The van der Waals surface area contributed by atoms with Crippen molar-refractivity contribution in [2.75, 3.05) is 6.54 Å². The minimum Gasteiger partial charge on any atom is -0.468 e. The Morgan fingerprint density at radius 1 is 1.33 bits per heavy atom. The summed E-state index contributed by atoms with van der Waals surface area (Å²) in [7, 11) is 0. The zero-order valence-corrected chi connectivity index (χ0v) is 14.2. The monoisotopic (exact) mass is 307 g/mol. The topological polar surface area (TPSA) is 41.3 Å². The second-order valence-corrected chi connectivity index (χ2v) is 7.16. The van der Waals surface area contributed by atoms with Crippen LogP contribution in [0.3, 0.4) is 0 Å². The summed E-state index contributed by atoms with van der Waals surface area (Å²) in [6.07, 6.45) is 1.72. The third-order valence-corrected chi connectivity index (χ3v) is 4.06. The normalized spacial score (nSPS) is 12.2. The third-order valence-electron chi connectivity index (χ3n) is 3.16. The predicted molar refractivity (Wildman–Crippen MR) is 87.2 cm³/mol. The molecule has 0 aromatic carbocycles. The molecule has 0 aliphatic rings. The summed E-state index contributed by atoms with van der Waals surface area (Å²) in [5.74, 6) is 1.00. The zero-order valence-electron chi connectivity index (χ0n) is 13.3. The van der Waals surface area contributed by atoms with Gasteiger partial charge in [-0.15, -0.1) is 11.3 Å². The molecule has 2 aromatic rings. The Bertz CT molecular complexity index is 528. The first-order valence-corrected chi connectivity index (χ1v) is 8.27. The largest absolute Gasteiger partial charge is 0.468 e. The van der Waals surface area contributed by atoms with Crippen molar-refractivity contribution in [1.29, 1.82) is 0 Å². The van der Waals surface area contributed by atoms with E-state index in [0.29, 0.717) is 0 Å². The van der Waals surface area contributed by atoms with Crippen LogP contribution in [0, 0.1) is 0 Å². The van der Waals surface area contributed by atoms with Crippen molar-refractivity contribution in [3.05, 3.63) is 40.2 Å². The molecule has 2 aromatic heterocycles. The van der Waals surface area contributed by atoms with Gasteiger partial charge in [0.2, 0.25) is 0 Å². The molecule has 0 bridgehead atoms. The molecule has 0 amide bonds. The highest BCUT2D eigenvalue weighted by atomic mass is 32.1. The van der Waals surface area contributed by atoms with Crippen molar-refractivity contribution in [3.8, 4) is 0 Å². The molecular formula is C16H25N3OS. The molecule has 4 nitrogen and oxygen atoms in total. The average molecular weight is 307 g/mol. The van der Waals surface area contributed by atoms with E-state index in [1.165, 1.54) is 0 Å². The van der Waals surface area contributed by atoms with Gasteiger partial charge in [-0.25, -0.2) is 4.98 Å². The summed E-state index contributed by atoms with van der Waals surface area (Å²) in [5.41, 5.74) is 1.26. The van der Waals surface area contributed by atoms with Gasteiger partial charge >= 0.3 is 0 Å². The van der Waals surface area contributed by atoms with Gasteiger partial charge in [-0.05, 0) is 39.4 Å². The Balaban J connectivity index is 1.88. The number of nitrogens with one attached hydrogen (secondary N) is 1. The van der Waals surface area contributed by atoms with E-state index in [0.717, 1.165) is 42.6 Å². The predicted octanol–water partition coefficient (Wildman–Crippen LogP) is 3.65. The van der Waals surface area contributed by atoms with Crippen molar-refractivity contribution in [3.63, 3.8) is 0 Å². The van der Waals surface area contributed by atoms with Gasteiger partial charge < -0.3 is 9.73 Å². The van der Waals surface area contributed by atoms with Crippen molar-refractivity contribution >= 4 is 11.3 Å². The fourth-order valence-electron chi connectivity index (χ4n) is 1.98. The molecule has 0 aliphatic heterocycles. The standard InChI is InChI=1S/C16H25N3OS/c1-5-19(11-14-7-6-8-20-14)10-13-12-21-15(18-13)9-17-16(2,3)4/h6-8,12,17H,5,9-11H2,1-4H3. The number of aromatic nitrogens is 1. The van der Waals surface area contributed by atoms with Crippen LogP contribution in [-0.4, -0.2) is 22.0 Å². The van der Waals surface area contributed by atoms with Crippen LogP contribution in [0.5, 0.6) is 0 Å². The van der Waals surface area contributed by atoms with Crippen LogP contribution in [0.1, 0.15) is 44.2 Å². The summed E-state index contributed by atoms with van der Waals surface area (Å²) in [6.45, 7) is 12.2. The van der Waals surface area contributed by atoms with E-state index in [4.69, 9.17) is 9.40 Å². The fraction of sp³-hybridized carbons (Fsp3) is 0.562. The van der Waals surface area contributed by atoms with E-state index in [1.54, 1.807) is 17.6 Å². The number of hydrogen-bond acceptors (Lipinski definition) is 5. The van der Waals surface area contributed by atoms with Gasteiger partial charge in [-0.2, -0.15) is 0 Å². The van der Waals surface area contributed by atoms with Crippen LogP contribution in [0.25, 0.3) is 0 Å². The van der Waals surface area contributed by atoms with E-state index < -0.39 is 0 Å². The second-order valence-electron chi connectivity index (χ2n) is 6.22. The summed E-state index contributed by atoms with van der Waals surface area (Å²) in [6, 6.07) is 3.95. The molecule has 0 saturated heterocycles. The molecule has 0 unspecified atom stereocenters. The SMILES string of the molecule is CCN(Cc1csc(CNC(C)(C)C)n1)Cc1ccco1. The van der Waals surface area contributed by atoms with Gasteiger partial charge in [-0.3, -0.25) is 4.90 Å². The van der Waals surface area contributed by atoms with Gasteiger partial charge in [0.05, 0.1) is 18.5 Å². The van der Waals surface area contributed by atoms with Crippen LogP contribution < -0.4 is 5.32 Å². The number of thiazole rings is 1. The maximum Gasteiger partial charge on any atom is 0.117 e. The number of nitrogens with zero attached hydrogens (tertiary/aromatic N) is 2. The average Bonchev–Trinajstić information content (AvgIpc) is 3.06. The Labute approximate surface area is 131 Å². The Hall–Kier alpha value is -1.17. The third kappa shape index (κ3) is 5.61. The van der Waals surface area contributed by atoms with Crippen molar-refractivity contribution in [2.45, 2.75) is 52.9 Å². The summed E-state index contributed by atoms with van der Waals surface area (Å²) < 4.78 is 5.42. The molecule has 0 spiro atoms. The molecule has 0 saturated carbocycles. The van der Waals surface area contributed by atoms with Gasteiger partial charge in [-0.1, -0.05) is 6.92 Å². The van der Waals surface area contributed by atoms with Crippen molar-refractivity contribution < 1.29 is 4.42 Å². The van der Waals surface area contributed by atoms with E-state index in [9.17, 15) is 0 Å². The molecule has 0 aliphatic carbocycles. The lowest BCUT2D eigenvalue weighted by molar-refractivity contribution is 0.245. The highest BCUT2D eigenvalue weighted by molar-refractivity contribution is 7.09. The molecule has 2 rings (SSSR count). The molecule has 2 heterocycles. The van der Waals surface area contributed by atoms with Gasteiger partial charge in [0.15, 0.2) is 0 Å². The number of furan rings is 1. The lowest BCUT2D eigenvalue weighted by Crippen LogP contribution is -2.35.